The number of ether oxygens (including phenoxy) is 1. The summed E-state index contributed by atoms with van der Waals surface area (Å²) in [6, 6.07) is 19.6. The van der Waals surface area contributed by atoms with E-state index in [-0.39, 0.29) is 18.3 Å². The fraction of sp³-hybridized carbons (Fsp3) is 0.259. The Morgan fingerprint density at radius 1 is 1.06 bits per heavy atom. The number of allylic oxidation sites excluding steroid dienone is 3. The second-order valence-corrected chi connectivity index (χ2v) is 8.32. The number of anilines is 1. The molecule has 2 aromatic rings. The van der Waals surface area contributed by atoms with E-state index < -0.39 is 5.72 Å². The van der Waals surface area contributed by atoms with Gasteiger partial charge in [-0.3, -0.25) is 4.79 Å². The van der Waals surface area contributed by atoms with Gasteiger partial charge in [0.1, 0.15) is 6.29 Å². The van der Waals surface area contributed by atoms with Crippen LogP contribution >= 0.6 is 0 Å². The van der Waals surface area contributed by atoms with Gasteiger partial charge in [0.25, 0.3) is 0 Å². The van der Waals surface area contributed by atoms with Crippen LogP contribution in [-0.2, 0) is 20.9 Å². The highest BCUT2D eigenvalue weighted by molar-refractivity contribution is 6.00. The van der Waals surface area contributed by atoms with Crippen LogP contribution in [0.15, 0.2) is 96.9 Å². The summed E-state index contributed by atoms with van der Waals surface area (Å²) in [5, 5.41) is 1.54. The zero-order valence-corrected chi connectivity index (χ0v) is 19.4. The van der Waals surface area contributed by atoms with Gasteiger partial charge in [-0.15, -0.1) is 0 Å². The molecular weight excluding hydrogens is 428 g/mol. The zero-order valence-electron chi connectivity index (χ0n) is 19.4. The van der Waals surface area contributed by atoms with Crippen molar-refractivity contribution in [3.05, 3.63) is 102 Å². The van der Waals surface area contributed by atoms with Gasteiger partial charge in [0.2, 0.25) is 0 Å². The van der Waals surface area contributed by atoms with Crippen LogP contribution in [0.5, 0.6) is 0 Å². The summed E-state index contributed by atoms with van der Waals surface area (Å²) in [6.07, 6.45) is 10.00. The van der Waals surface area contributed by atoms with E-state index in [0.717, 1.165) is 17.5 Å². The van der Waals surface area contributed by atoms with E-state index in [1.807, 2.05) is 72.6 Å². The average molecular weight is 461 g/mol. The Morgan fingerprint density at radius 2 is 1.68 bits per heavy atom. The smallest absolute Gasteiger partial charge is 0.180 e. The van der Waals surface area contributed by atoms with E-state index in [9.17, 15) is 9.59 Å². The molecule has 7 nitrogen and oxygen atoms in total. The van der Waals surface area contributed by atoms with Gasteiger partial charge < -0.3 is 25.2 Å². The maximum atomic E-state index is 11.8. The van der Waals surface area contributed by atoms with E-state index >= 15 is 0 Å². The summed E-state index contributed by atoms with van der Waals surface area (Å²) in [6.45, 7) is 0.709. The van der Waals surface area contributed by atoms with Crippen molar-refractivity contribution in [1.82, 2.24) is 5.01 Å². The third-order valence-electron chi connectivity index (χ3n) is 5.71. The molecule has 0 aromatic heterocycles. The molecule has 1 atom stereocenters. The first kappa shape index (κ1) is 25.0. The highest BCUT2D eigenvalue weighted by atomic mass is 16.5. The first-order valence-electron chi connectivity index (χ1n) is 11.2. The number of likely N-dealkylation sites (N-methyl/N-ethyl adjacent to an activating group) is 1. The molecule has 1 aliphatic rings. The minimum Gasteiger partial charge on any atom is -0.401 e. The first-order chi connectivity index (χ1) is 16.4. The number of aldehydes is 1. The summed E-state index contributed by atoms with van der Waals surface area (Å²) in [5.41, 5.74) is 7.76. The molecule has 1 aliphatic carbocycles. The Balaban J connectivity index is 1.60. The molecule has 0 saturated heterocycles. The lowest BCUT2D eigenvalue weighted by molar-refractivity contribution is -0.115. The Bertz CT molecular complexity index is 1020. The highest BCUT2D eigenvalue weighted by Crippen LogP contribution is 2.29. The minimum absolute atomic E-state index is 0.104. The van der Waals surface area contributed by atoms with Crippen LogP contribution in [0.1, 0.15) is 18.4 Å². The predicted octanol–water partition coefficient (Wildman–Crippen LogP) is 3.30. The first-order valence-corrected chi connectivity index (χ1v) is 11.2. The number of ketones is 1. The maximum absolute atomic E-state index is 11.8. The highest BCUT2D eigenvalue weighted by Gasteiger charge is 2.33. The van der Waals surface area contributed by atoms with Crippen molar-refractivity contribution in [2.75, 3.05) is 18.6 Å². The number of para-hydroxylation sites is 1. The Morgan fingerprint density at radius 3 is 2.29 bits per heavy atom. The van der Waals surface area contributed by atoms with Crippen LogP contribution < -0.4 is 16.5 Å². The Labute approximate surface area is 200 Å². The minimum atomic E-state index is -0.971. The van der Waals surface area contributed by atoms with Gasteiger partial charge in [0.05, 0.1) is 13.2 Å². The van der Waals surface area contributed by atoms with Gasteiger partial charge in [0.15, 0.2) is 11.5 Å². The molecule has 0 spiro atoms. The van der Waals surface area contributed by atoms with E-state index in [1.54, 1.807) is 18.4 Å². The summed E-state index contributed by atoms with van der Waals surface area (Å²) in [5.74, 6) is 5.58. The third-order valence-corrected chi connectivity index (χ3v) is 5.71. The lowest BCUT2D eigenvalue weighted by atomic mass is 10.0. The van der Waals surface area contributed by atoms with Gasteiger partial charge in [-0.2, -0.15) is 0 Å². The number of rotatable bonds is 12. The van der Waals surface area contributed by atoms with Crippen LogP contribution in [-0.4, -0.2) is 36.5 Å². The quantitative estimate of drug-likeness (QED) is 0.217. The monoisotopic (exact) mass is 460 g/mol. The molecule has 0 heterocycles. The van der Waals surface area contributed by atoms with Crippen molar-refractivity contribution >= 4 is 17.8 Å². The third kappa shape index (κ3) is 6.91. The van der Waals surface area contributed by atoms with Crippen molar-refractivity contribution in [3.63, 3.8) is 0 Å². The molecule has 0 saturated carbocycles. The van der Waals surface area contributed by atoms with Gasteiger partial charge in [-0.1, -0.05) is 48.5 Å². The number of hydrogen-bond donors (Lipinski definition) is 2. The number of hydrogen-bond acceptors (Lipinski definition) is 7. The molecule has 0 fully saturated rings. The SMILES string of the molecule is CN(c1ccccc1)C1(OCC(C=O)CC/C(N)=C/N(N)Cc2ccccc2)C=CC(=O)C=C1. The Hall–Kier alpha value is -3.68. The fourth-order valence-electron chi connectivity index (χ4n) is 3.68. The van der Waals surface area contributed by atoms with Crippen molar-refractivity contribution in [2.24, 2.45) is 17.5 Å². The molecule has 0 bridgehead atoms. The number of hydrazine groups is 1. The van der Waals surface area contributed by atoms with E-state index in [4.69, 9.17) is 16.3 Å². The summed E-state index contributed by atoms with van der Waals surface area (Å²) in [7, 11) is 1.89. The summed E-state index contributed by atoms with van der Waals surface area (Å²) in [4.78, 5) is 25.4. The van der Waals surface area contributed by atoms with Crippen LogP contribution in [0.4, 0.5) is 5.69 Å². The molecule has 3 rings (SSSR count). The standard InChI is InChI=1S/C27H32N4O3/c1-30(25-10-6-3-7-11-25)27(16-14-26(33)15-17-27)34-21-23(20-32)12-13-24(28)19-31(29)18-22-8-4-2-5-9-22/h2-11,14-17,19-20,23H,12-13,18,21,28-29H2,1H3/b24-19-. The van der Waals surface area contributed by atoms with E-state index in [0.29, 0.717) is 25.1 Å². The van der Waals surface area contributed by atoms with Gasteiger partial charge >= 0.3 is 0 Å². The normalized spacial score (nSPS) is 15.7. The fourth-order valence-corrected chi connectivity index (χ4v) is 3.68. The van der Waals surface area contributed by atoms with Gasteiger partial charge in [0, 0.05) is 30.5 Å². The molecule has 0 aliphatic heterocycles. The van der Waals surface area contributed by atoms with Gasteiger partial charge in [-0.05, 0) is 54.8 Å². The van der Waals surface area contributed by atoms with Crippen LogP contribution in [0.2, 0.25) is 0 Å². The van der Waals surface area contributed by atoms with Crippen molar-refractivity contribution < 1.29 is 14.3 Å². The molecule has 0 radical (unpaired) electrons. The number of benzene rings is 2. The van der Waals surface area contributed by atoms with Crippen LogP contribution in [0.25, 0.3) is 0 Å². The largest absolute Gasteiger partial charge is 0.401 e. The molecule has 178 valence electrons. The molecule has 1 unspecified atom stereocenters. The predicted molar refractivity (Wildman–Crippen MR) is 134 cm³/mol. The van der Waals surface area contributed by atoms with Gasteiger partial charge in [-0.25, -0.2) is 5.84 Å². The lowest BCUT2D eigenvalue weighted by Gasteiger charge is -2.40. The van der Waals surface area contributed by atoms with Crippen molar-refractivity contribution in [1.29, 1.82) is 0 Å². The Kier molecular flexibility index (Phi) is 8.79. The molecule has 4 N–H and O–H groups in total. The number of carbonyl (C=O) groups excluding carboxylic acids is 2. The van der Waals surface area contributed by atoms with Crippen LogP contribution in [0, 0.1) is 5.92 Å². The summed E-state index contributed by atoms with van der Waals surface area (Å²) < 4.78 is 6.25. The number of nitrogens with two attached hydrogens (primary N) is 2. The average Bonchev–Trinajstić information content (AvgIpc) is 2.86. The maximum Gasteiger partial charge on any atom is 0.180 e. The topological polar surface area (TPSA) is 102 Å². The molecule has 34 heavy (non-hydrogen) atoms. The molecule has 2 aromatic carbocycles. The molecule has 0 amide bonds. The second kappa shape index (κ2) is 12.0. The number of carbonyl (C=O) groups is 2. The van der Waals surface area contributed by atoms with E-state index in [1.165, 1.54) is 17.2 Å². The van der Waals surface area contributed by atoms with E-state index in [2.05, 4.69) is 0 Å². The van der Waals surface area contributed by atoms with Crippen molar-refractivity contribution in [2.45, 2.75) is 25.1 Å². The number of nitrogens with zero attached hydrogens (tertiary/aromatic N) is 2. The van der Waals surface area contributed by atoms with Crippen LogP contribution in [0.3, 0.4) is 0 Å². The molecular formula is C27H32N4O3. The second-order valence-electron chi connectivity index (χ2n) is 8.32. The zero-order chi connectivity index (χ0) is 24.4. The lowest BCUT2D eigenvalue weighted by Crippen LogP contribution is -2.48. The van der Waals surface area contributed by atoms with Crippen molar-refractivity contribution in [3.8, 4) is 0 Å². The molecule has 7 heteroatoms. The summed E-state index contributed by atoms with van der Waals surface area (Å²) >= 11 is 0.